The summed E-state index contributed by atoms with van der Waals surface area (Å²) in [6.07, 6.45) is 1.80. The Morgan fingerprint density at radius 3 is 2.44 bits per heavy atom. The van der Waals surface area contributed by atoms with E-state index in [-0.39, 0.29) is 12.1 Å². The molecule has 6 heteroatoms. The minimum atomic E-state index is -0.105. The Labute approximate surface area is 164 Å². The number of aryl methyl sites for hydroxylation is 1. The maximum absolute atomic E-state index is 6.00. The molecule has 0 radical (unpaired) electrons. The second kappa shape index (κ2) is 7.04. The molecule has 1 fully saturated rings. The third-order valence-electron chi connectivity index (χ3n) is 4.80. The number of thiocarbonyl (C=S) groups is 1. The van der Waals surface area contributed by atoms with Crippen LogP contribution in [0.3, 0.4) is 0 Å². The molecule has 3 heterocycles. The van der Waals surface area contributed by atoms with E-state index < -0.39 is 0 Å². The van der Waals surface area contributed by atoms with Gasteiger partial charge in [0.15, 0.2) is 5.11 Å². The number of anilines is 2. The van der Waals surface area contributed by atoms with Crippen LogP contribution in [0.2, 0.25) is 0 Å². The van der Waals surface area contributed by atoms with E-state index in [9.17, 15) is 0 Å². The molecule has 0 unspecified atom stereocenters. The number of hydrogen-bond donors (Lipinski definition) is 1. The second-order valence-electron chi connectivity index (χ2n) is 6.86. The summed E-state index contributed by atoms with van der Waals surface area (Å²) in [5.74, 6) is 1.75. The lowest BCUT2D eigenvalue weighted by Crippen LogP contribution is -2.29. The number of rotatable bonds is 4. The number of pyridine rings is 1. The summed E-state index contributed by atoms with van der Waals surface area (Å²) < 4.78 is 6.00. The van der Waals surface area contributed by atoms with Crippen molar-refractivity contribution in [1.82, 2.24) is 10.3 Å². The first-order valence-corrected chi connectivity index (χ1v) is 9.30. The zero-order chi connectivity index (χ0) is 19.0. The highest BCUT2D eigenvalue weighted by atomic mass is 32.1. The quantitative estimate of drug-likeness (QED) is 0.686. The fraction of sp³-hybridized carbons (Fsp3) is 0.238. The Balaban J connectivity index is 1.78. The third kappa shape index (κ3) is 3.28. The van der Waals surface area contributed by atoms with E-state index in [1.807, 2.05) is 51.4 Å². The molecule has 5 nitrogen and oxygen atoms in total. The molecule has 0 bridgehead atoms. The van der Waals surface area contributed by atoms with Gasteiger partial charge in [-0.25, -0.2) is 0 Å². The molecule has 0 spiro atoms. The first kappa shape index (κ1) is 17.5. The van der Waals surface area contributed by atoms with Gasteiger partial charge in [-0.2, -0.15) is 0 Å². The normalized spacial score (nSPS) is 19.2. The first-order chi connectivity index (χ1) is 13.0. The topological polar surface area (TPSA) is 44.5 Å². The molecule has 4 rings (SSSR count). The SMILES string of the molecule is Cc1ccc([C@@H]2[C@@H](c3ccccn3)NC(=S)N2c2ccc(N(C)C)cc2)o1. The smallest absolute Gasteiger partial charge is 0.174 e. The van der Waals surface area contributed by atoms with Gasteiger partial charge >= 0.3 is 0 Å². The molecule has 27 heavy (non-hydrogen) atoms. The van der Waals surface area contributed by atoms with Crippen molar-refractivity contribution in [3.05, 3.63) is 78.0 Å². The lowest BCUT2D eigenvalue weighted by atomic mass is 10.0. The molecule has 0 aliphatic carbocycles. The van der Waals surface area contributed by atoms with Gasteiger partial charge < -0.3 is 19.5 Å². The number of benzene rings is 1. The zero-order valence-corrected chi connectivity index (χ0v) is 16.4. The maximum atomic E-state index is 6.00. The van der Waals surface area contributed by atoms with Crippen LogP contribution < -0.4 is 15.1 Å². The molecule has 0 saturated carbocycles. The molecule has 1 aliphatic rings. The molecular formula is C21H22N4OS. The number of nitrogens with one attached hydrogen (secondary N) is 1. The predicted molar refractivity (Wildman–Crippen MR) is 112 cm³/mol. The van der Waals surface area contributed by atoms with Crippen molar-refractivity contribution in [1.29, 1.82) is 0 Å². The van der Waals surface area contributed by atoms with Crippen LogP contribution in [-0.2, 0) is 0 Å². The summed E-state index contributed by atoms with van der Waals surface area (Å²) in [5, 5.41) is 4.11. The summed E-state index contributed by atoms with van der Waals surface area (Å²) in [7, 11) is 4.06. The van der Waals surface area contributed by atoms with Crippen molar-refractivity contribution < 1.29 is 4.42 Å². The highest BCUT2D eigenvalue weighted by molar-refractivity contribution is 7.80. The van der Waals surface area contributed by atoms with Crippen molar-refractivity contribution >= 4 is 28.7 Å². The van der Waals surface area contributed by atoms with Gasteiger partial charge in [-0.1, -0.05) is 6.07 Å². The molecule has 1 saturated heterocycles. The summed E-state index contributed by atoms with van der Waals surface area (Å²) >= 11 is 5.70. The first-order valence-electron chi connectivity index (χ1n) is 8.89. The van der Waals surface area contributed by atoms with Gasteiger partial charge in [0.1, 0.15) is 17.6 Å². The van der Waals surface area contributed by atoms with Crippen LogP contribution >= 0.6 is 12.2 Å². The van der Waals surface area contributed by atoms with Crippen LogP contribution in [0.25, 0.3) is 0 Å². The third-order valence-corrected chi connectivity index (χ3v) is 5.11. The Morgan fingerprint density at radius 1 is 1.07 bits per heavy atom. The van der Waals surface area contributed by atoms with Gasteiger partial charge in [-0.05, 0) is 67.7 Å². The monoisotopic (exact) mass is 378 g/mol. The molecule has 1 aliphatic heterocycles. The zero-order valence-electron chi connectivity index (χ0n) is 15.6. The van der Waals surface area contributed by atoms with E-state index in [0.29, 0.717) is 5.11 Å². The summed E-state index contributed by atoms with van der Waals surface area (Å²) in [6, 6.07) is 18.1. The van der Waals surface area contributed by atoms with E-state index in [1.165, 1.54) is 0 Å². The summed E-state index contributed by atoms with van der Waals surface area (Å²) in [5.41, 5.74) is 3.10. The second-order valence-corrected chi connectivity index (χ2v) is 7.24. The van der Waals surface area contributed by atoms with Crippen molar-refractivity contribution in [2.24, 2.45) is 0 Å². The van der Waals surface area contributed by atoms with Gasteiger partial charge in [-0.15, -0.1) is 0 Å². The van der Waals surface area contributed by atoms with Gasteiger partial charge in [0, 0.05) is 31.7 Å². The van der Waals surface area contributed by atoms with E-state index in [1.54, 1.807) is 6.20 Å². The lowest BCUT2D eigenvalue weighted by molar-refractivity contribution is 0.418. The van der Waals surface area contributed by atoms with Crippen LogP contribution in [0, 0.1) is 6.92 Å². The van der Waals surface area contributed by atoms with Gasteiger partial charge in [0.2, 0.25) is 0 Å². The average molecular weight is 379 g/mol. The molecular weight excluding hydrogens is 356 g/mol. The molecule has 138 valence electrons. The highest BCUT2D eigenvalue weighted by Gasteiger charge is 2.42. The van der Waals surface area contributed by atoms with E-state index in [0.717, 1.165) is 28.6 Å². The minimum absolute atomic E-state index is 0.0854. The summed E-state index contributed by atoms with van der Waals surface area (Å²) in [6.45, 7) is 1.95. The number of nitrogens with zero attached hydrogens (tertiary/aromatic N) is 3. The van der Waals surface area contributed by atoms with Crippen molar-refractivity contribution in [2.75, 3.05) is 23.9 Å². The van der Waals surface area contributed by atoms with E-state index in [2.05, 4.69) is 44.4 Å². The van der Waals surface area contributed by atoms with E-state index >= 15 is 0 Å². The van der Waals surface area contributed by atoms with Crippen molar-refractivity contribution in [3.63, 3.8) is 0 Å². The lowest BCUT2D eigenvalue weighted by Gasteiger charge is -2.26. The number of furan rings is 1. The molecule has 1 aromatic carbocycles. The highest BCUT2D eigenvalue weighted by Crippen LogP contribution is 2.42. The largest absolute Gasteiger partial charge is 0.464 e. The minimum Gasteiger partial charge on any atom is -0.464 e. The Kier molecular flexibility index (Phi) is 4.58. The molecule has 1 N–H and O–H groups in total. The average Bonchev–Trinajstić information content (AvgIpc) is 3.25. The van der Waals surface area contributed by atoms with Crippen LogP contribution in [-0.4, -0.2) is 24.2 Å². The Bertz CT molecular complexity index is 936. The standard InChI is InChI=1S/C21H22N4OS/c1-14-7-12-18(26-14)20-19(17-6-4-5-13-22-17)23-21(27)25(20)16-10-8-15(9-11-16)24(2)3/h4-13,19-20H,1-3H3,(H,23,27)/t19-,20-/m1/s1. The van der Waals surface area contributed by atoms with Crippen molar-refractivity contribution in [3.8, 4) is 0 Å². The van der Waals surface area contributed by atoms with Gasteiger partial charge in [0.05, 0.1) is 11.7 Å². The number of hydrogen-bond acceptors (Lipinski definition) is 4. The fourth-order valence-electron chi connectivity index (χ4n) is 3.45. The van der Waals surface area contributed by atoms with Crippen LogP contribution in [0.15, 0.2) is 65.2 Å². The molecule has 2 atom stereocenters. The van der Waals surface area contributed by atoms with Crippen molar-refractivity contribution in [2.45, 2.75) is 19.0 Å². The van der Waals surface area contributed by atoms with Gasteiger partial charge in [-0.3, -0.25) is 4.98 Å². The number of aromatic nitrogens is 1. The van der Waals surface area contributed by atoms with E-state index in [4.69, 9.17) is 16.6 Å². The predicted octanol–water partition coefficient (Wildman–Crippen LogP) is 4.23. The fourth-order valence-corrected chi connectivity index (χ4v) is 3.79. The summed E-state index contributed by atoms with van der Waals surface area (Å²) in [4.78, 5) is 8.74. The molecule has 3 aromatic rings. The Morgan fingerprint density at radius 2 is 1.85 bits per heavy atom. The maximum Gasteiger partial charge on any atom is 0.174 e. The van der Waals surface area contributed by atoms with Gasteiger partial charge in [0.25, 0.3) is 0 Å². The van der Waals surface area contributed by atoms with Crippen LogP contribution in [0.4, 0.5) is 11.4 Å². The van der Waals surface area contributed by atoms with Crippen LogP contribution in [0.1, 0.15) is 29.3 Å². The molecule has 0 amide bonds. The van der Waals surface area contributed by atoms with Crippen LogP contribution in [0.5, 0.6) is 0 Å². The molecule has 2 aromatic heterocycles. The Hall–Kier alpha value is -2.86.